The predicted octanol–water partition coefficient (Wildman–Crippen LogP) is 2.86. The molecular formula is C14H22F3NO5. The van der Waals surface area contributed by atoms with Crippen molar-refractivity contribution >= 4 is 12.1 Å². The van der Waals surface area contributed by atoms with E-state index in [4.69, 9.17) is 9.47 Å². The first-order valence-electron chi connectivity index (χ1n) is 7.21. The molecule has 1 fully saturated rings. The molecule has 1 saturated heterocycles. The molecule has 0 aromatic heterocycles. The molecule has 23 heavy (non-hydrogen) atoms. The average Bonchev–Trinajstić information content (AvgIpc) is 2.79. The number of carbonyl (C=O) groups excluding carboxylic acids is 2. The highest BCUT2D eigenvalue weighted by Gasteiger charge is 2.52. The molecule has 0 N–H and O–H groups in total. The summed E-state index contributed by atoms with van der Waals surface area (Å²) in [4.78, 5) is 25.6. The summed E-state index contributed by atoms with van der Waals surface area (Å²) in [5, 5.41) is 0. The number of likely N-dealkylation sites (tertiary alicyclic amines) is 1. The Morgan fingerprint density at radius 3 is 2.30 bits per heavy atom. The SMILES string of the molecule is COC(=O)C1(CCOC(F)(F)F)CCCN1C(=O)OC(C)(C)C. The molecule has 1 aliphatic rings. The van der Waals surface area contributed by atoms with E-state index in [1.165, 1.54) is 0 Å². The van der Waals surface area contributed by atoms with Crippen molar-refractivity contribution in [1.29, 1.82) is 0 Å². The van der Waals surface area contributed by atoms with Crippen LogP contribution in [0, 0.1) is 0 Å². The van der Waals surface area contributed by atoms with Crippen LogP contribution in [0.4, 0.5) is 18.0 Å². The molecule has 0 aromatic rings. The summed E-state index contributed by atoms with van der Waals surface area (Å²) in [5.41, 5.74) is -2.29. The van der Waals surface area contributed by atoms with Crippen LogP contribution in [0.25, 0.3) is 0 Å². The first-order valence-corrected chi connectivity index (χ1v) is 7.21. The van der Waals surface area contributed by atoms with Crippen LogP contribution in [-0.4, -0.2) is 54.7 Å². The van der Waals surface area contributed by atoms with Gasteiger partial charge in [-0.05, 0) is 33.6 Å². The van der Waals surface area contributed by atoms with Crippen LogP contribution in [0.1, 0.15) is 40.0 Å². The number of ether oxygens (including phenoxy) is 3. The Labute approximate surface area is 132 Å². The molecule has 134 valence electrons. The van der Waals surface area contributed by atoms with Crippen molar-refractivity contribution < 1.29 is 37.0 Å². The minimum atomic E-state index is -4.80. The lowest BCUT2D eigenvalue weighted by atomic mass is 9.92. The standard InChI is InChI=1S/C14H22F3NO5/c1-12(2,3)23-11(20)18-8-5-6-13(18,10(19)21-4)7-9-22-14(15,16)17/h5-9H2,1-4H3. The van der Waals surface area contributed by atoms with Crippen molar-refractivity contribution in [2.24, 2.45) is 0 Å². The third kappa shape index (κ3) is 5.26. The molecule has 1 amide bonds. The number of halogens is 3. The lowest BCUT2D eigenvalue weighted by Gasteiger charge is -2.36. The van der Waals surface area contributed by atoms with E-state index in [-0.39, 0.29) is 19.4 Å². The minimum Gasteiger partial charge on any atom is -0.467 e. The molecule has 1 rings (SSSR count). The number of esters is 1. The maximum absolute atomic E-state index is 12.3. The average molecular weight is 341 g/mol. The maximum Gasteiger partial charge on any atom is 0.522 e. The Bertz CT molecular complexity index is 447. The molecular weight excluding hydrogens is 319 g/mol. The highest BCUT2D eigenvalue weighted by molar-refractivity contribution is 5.86. The lowest BCUT2D eigenvalue weighted by Crippen LogP contribution is -2.55. The fraction of sp³-hybridized carbons (Fsp3) is 0.857. The highest BCUT2D eigenvalue weighted by atomic mass is 19.4. The van der Waals surface area contributed by atoms with Crippen LogP contribution in [0.3, 0.4) is 0 Å². The van der Waals surface area contributed by atoms with Gasteiger partial charge in [0.25, 0.3) is 0 Å². The van der Waals surface area contributed by atoms with Gasteiger partial charge < -0.3 is 9.47 Å². The van der Waals surface area contributed by atoms with Crippen LogP contribution < -0.4 is 0 Å². The smallest absolute Gasteiger partial charge is 0.467 e. The van der Waals surface area contributed by atoms with E-state index < -0.39 is 36.2 Å². The summed E-state index contributed by atoms with van der Waals surface area (Å²) >= 11 is 0. The first kappa shape index (κ1) is 19.5. The Morgan fingerprint density at radius 2 is 1.83 bits per heavy atom. The number of carbonyl (C=O) groups is 2. The van der Waals surface area contributed by atoms with Gasteiger partial charge in [-0.3, -0.25) is 9.64 Å². The second-order valence-corrected chi connectivity index (χ2v) is 6.30. The normalized spacial score (nSPS) is 22.1. The summed E-state index contributed by atoms with van der Waals surface area (Å²) < 4.78 is 50.2. The van der Waals surface area contributed by atoms with Gasteiger partial charge in [-0.15, -0.1) is 13.2 Å². The maximum atomic E-state index is 12.3. The van der Waals surface area contributed by atoms with E-state index in [0.717, 1.165) is 12.0 Å². The predicted molar refractivity (Wildman–Crippen MR) is 73.5 cm³/mol. The van der Waals surface area contributed by atoms with Crippen LogP contribution in [-0.2, 0) is 19.0 Å². The van der Waals surface area contributed by atoms with Gasteiger partial charge in [0.15, 0.2) is 0 Å². The Kier molecular flexibility index (Phi) is 5.89. The van der Waals surface area contributed by atoms with E-state index in [1.54, 1.807) is 20.8 Å². The Hall–Kier alpha value is -1.51. The molecule has 0 aromatic carbocycles. The third-order valence-corrected chi connectivity index (χ3v) is 3.45. The number of rotatable bonds is 4. The number of nitrogens with zero attached hydrogens (tertiary/aromatic N) is 1. The molecule has 1 atom stereocenters. The van der Waals surface area contributed by atoms with E-state index in [0.29, 0.717) is 6.42 Å². The summed E-state index contributed by atoms with van der Waals surface area (Å²) in [6, 6.07) is 0. The van der Waals surface area contributed by atoms with Gasteiger partial charge in [0.05, 0.1) is 13.7 Å². The molecule has 6 nitrogen and oxygen atoms in total. The molecule has 0 radical (unpaired) electrons. The zero-order valence-corrected chi connectivity index (χ0v) is 13.7. The van der Waals surface area contributed by atoms with Crippen molar-refractivity contribution in [3.63, 3.8) is 0 Å². The lowest BCUT2D eigenvalue weighted by molar-refractivity contribution is -0.325. The molecule has 0 saturated carbocycles. The first-order chi connectivity index (χ1) is 10.4. The van der Waals surface area contributed by atoms with Gasteiger partial charge in [-0.1, -0.05) is 0 Å². The van der Waals surface area contributed by atoms with Gasteiger partial charge in [0, 0.05) is 13.0 Å². The molecule has 1 unspecified atom stereocenters. The van der Waals surface area contributed by atoms with E-state index >= 15 is 0 Å². The van der Waals surface area contributed by atoms with Crippen molar-refractivity contribution in [2.75, 3.05) is 20.3 Å². The second kappa shape index (κ2) is 6.94. The van der Waals surface area contributed by atoms with Crippen LogP contribution >= 0.6 is 0 Å². The van der Waals surface area contributed by atoms with Gasteiger partial charge in [0.2, 0.25) is 0 Å². The van der Waals surface area contributed by atoms with Crippen LogP contribution in [0.2, 0.25) is 0 Å². The summed E-state index contributed by atoms with van der Waals surface area (Å²) in [7, 11) is 1.13. The molecule has 9 heteroatoms. The molecule has 1 heterocycles. The molecule has 0 bridgehead atoms. The Balaban J connectivity index is 2.94. The van der Waals surface area contributed by atoms with E-state index in [1.807, 2.05) is 0 Å². The highest BCUT2D eigenvalue weighted by Crippen LogP contribution is 2.35. The van der Waals surface area contributed by atoms with E-state index in [2.05, 4.69) is 4.74 Å². The molecule has 0 spiro atoms. The van der Waals surface area contributed by atoms with Gasteiger partial charge in [-0.25, -0.2) is 9.59 Å². The second-order valence-electron chi connectivity index (χ2n) is 6.30. The summed E-state index contributed by atoms with van der Waals surface area (Å²) in [5.74, 6) is -0.772. The zero-order valence-electron chi connectivity index (χ0n) is 13.7. The van der Waals surface area contributed by atoms with Crippen molar-refractivity contribution in [1.82, 2.24) is 4.90 Å². The van der Waals surface area contributed by atoms with Crippen molar-refractivity contribution in [3.05, 3.63) is 0 Å². The van der Waals surface area contributed by atoms with Gasteiger partial charge in [-0.2, -0.15) is 0 Å². The summed E-state index contributed by atoms with van der Waals surface area (Å²) in [6.07, 6.45) is -5.22. The van der Waals surface area contributed by atoms with Gasteiger partial charge >= 0.3 is 18.4 Å². The molecule has 0 aliphatic carbocycles. The number of amides is 1. The molecule has 1 aliphatic heterocycles. The topological polar surface area (TPSA) is 65.1 Å². The van der Waals surface area contributed by atoms with Gasteiger partial charge in [0.1, 0.15) is 11.1 Å². The largest absolute Gasteiger partial charge is 0.522 e. The third-order valence-electron chi connectivity index (χ3n) is 3.45. The monoisotopic (exact) mass is 341 g/mol. The van der Waals surface area contributed by atoms with Crippen LogP contribution in [0.15, 0.2) is 0 Å². The number of hydrogen-bond acceptors (Lipinski definition) is 5. The number of methoxy groups -OCH3 is 1. The number of alkyl halides is 3. The Morgan fingerprint density at radius 1 is 1.22 bits per heavy atom. The quantitative estimate of drug-likeness (QED) is 0.736. The van der Waals surface area contributed by atoms with Crippen molar-refractivity contribution in [3.8, 4) is 0 Å². The van der Waals surface area contributed by atoms with Crippen molar-refractivity contribution in [2.45, 2.75) is 57.5 Å². The minimum absolute atomic E-state index is 0.195. The fourth-order valence-electron chi connectivity index (χ4n) is 2.56. The van der Waals surface area contributed by atoms with Crippen LogP contribution in [0.5, 0.6) is 0 Å². The number of hydrogen-bond donors (Lipinski definition) is 0. The summed E-state index contributed by atoms with van der Waals surface area (Å²) in [6.45, 7) is 4.43. The fourth-order valence-corrected chi connectivity index (χ4v) is 2.56. The van der Waals surface area contributed by atoms with E-state index in [9.17, 15) is 22.8 Å². The zero-order chi connectivity index (χ0) is 17.9.